The SMILES string of the molecule is C=CCC.[Mo]. The molecule has 5 heavy (non-hydrogen) atoms. The second-order valence-corrected chi connectivity index (χ2v) is 0.697. The van der Waals surface area contributed by atoms with Crippen LogP contribution in [0.1, 0.15) is 13.3 Å². The summed E-state index contributed by atoms with van der Waals surface area (Å²) in [7, 11) is 0. The van der Waals surface area contributed by atoms with E-state index in [1.807, 2.05) is 6.08 Å². The van der Waals surface area contributed by atoms with Gasteiger partial charge in [0.05, 0.1) is 0 Å². The Labute approximate surface area is 47.5 Å². The predicted octanol–water partition coefficient (Wildman–Crippen LogP) is 1.58. The molecule has 0 aliphatic rings. The molecule has 0 nitrogen and oxygen atoms in total. The van der Waals surface area contributed by atoms with Gasteiger partial charge in [-0.25, -0.2) is 0 Å². The molecule has 0 aromatic heterocycles. The van der Waals surface area contributed by atoms with Crippen molar-refractivity contribution in [1.29, 1.82) is 0 Å². The minimum atomic E-state index is 0. The van der Waals surface area contributed by atoms with Crippen LogP contribution in [0.3, 0.4) is 0 Å². The fourth-order valence-corrected chi connectivity index (χ4v) is 0. The first-order valence-electron chi connectivity index (χ1n) is 1.52. The van der Waals surface area contributed by atoms with Gasteiger partial charge in [-0.1, -0.05) is 13.0 Å². The summed E-state index contributed by atoms with van der Waals surface area (Å²) in [5.41, 5.74) is 0. The fourth-order valence-electron chi connectivity index (χ4n) is 0. The van der Waals surface area contributed by atoms with Crippen molar-refractivity contribution in [2.45, 2.75) is 13.3 Å². The van der Waals surface area contributed by atoms with E-state index in [0.29, 0.717) is 0 Å². The Morgan fingerprint density at radius 3 is 2.00 bits per heavy atom. The average molecular weight is 152 g/mol. The van der Waals surface area contributed by atoms with E-state index < -0.39 is 0 Å². The molecule has 0 rings (SSSR count). The number of allylic oxidation sites excluding steroid dienone is 1. The molecule has 0 atom stereocenters. The third-order valence-corrected chi connectivity index (χ3v) is 0.289. The summed E-state index contributed by atoms with van der Waals surface area (Å²) in [6.07, 6.45) is 2.96. The van der Waals surface area contributed by atoms with Gasteiger partial charge in [-0.05, 0) is 6.42 Å². The molecule has 1 heteroatoms. The summed E-state index contributed by atoms with van der Waals surface area (Å²) in [6.45, 7) is 5.54. The molecule has 0 N–H and O–H groups in total. The Balaban J connectivity index is 0. The normalized spacial score (nSPS) is 5.00. The van der Waals surface area contributed by atoms with E-state index in [1.165, 1.54) is 0 Å². The fraction of sp³-hybridized carbons (Fsp3) is 0.500. The Morgan fingerprint density at radius 1 is 1.80 bits per heavy atom. The predicted molar refractivity (Wildman–Crippen MR) is 20.5 cm³/mol. The van der Waals surface area contributed by atoms with Crippen LogP contribution in [0.15, 0.2) is 12.7 Å². The van der Waals surface area contributed by atoms with Crippen LogP contribution in [-0.2, 0) is 21.1 Å². The van der Waals surface area contributed by atoms with Gasteiger partial charge >= 0.3 is 0 Å². The third-order valence-electron chi connectivity index (χ3n) is 0.289. The van der Waals surface area contributed by atoms with Crippen LogP contribution < -0.4 is 0 Å². The van der Waals surface area contributed by atoms with Crippen molar-refractivity contribution in [1.82, 2.24) is 0 Å². The van der Waals surface area contributed by atoms with E-state index in [9.17, 15) is 0 Å². The summed E-state index contributed by atoms with van der Waals surface area (Å²) in [5, 5.41) is 0. The minimum absolute atomic E-state index is 0. The molecule has 0 aliphatic carbocycles. The zero-order valence-electron chi connectivity index (χ0n) is 3.40. The Kier molecular flexibility index (Phi) is 16.0. The van der Waals surface area contributed by atoms with Crippen molar-refractivity contribution < 1.29 is 21.1 Å². The van der Waals surface area contributed by atoms with Crippen LogP contribution in [-0.4, -0.2) is 0 Å². The Bertz CT molecular complexity index is 17.6. The van der Waals surface area contributed by atoms with Gasteiger partial charge in [-0.15, -0.1) is 6.58 Å². The van der Waals surface area contributed by atoms with Crippen molar-refractivity contribution in [3.05, 3.63) is 12.7 Å². The molecule has 0 heterocycles. The van der Waals surface area contributed by atoms with Crippen molar-refractivity contribution in [3.8, 4) is 0 Å². The van der Waals surface area contributed by atoms with Gasteiger partial charge in [0, 0.05) is 21.1 Å². The first-order valence-corrected chi connectivity index (χ1v) is 1.52. The summed E-state index contributed by atoms with van der Waals surface area (Å²) < 4.78 is 0. The first-order chi connectivity index (χ1) is 1.91. The monoisotopic (exact) mass is 154 g/mol. The summed E-state index contributed by atoms with van der Waals surface area (Å²) in [4.78, 5) is 0. The molecule has 0 amide bonds. The van der Waals surface area contributed by atoms with Gasteiger partial charge in [0.1, 0.15) is 0 Å². The second-order valence-electron chi connectivity index (χ2n) is 0.697. The second kappa shape index (κ2) is 8.83. The van der Waals surface area contributed by atoms with Gasteiger partial charge in [0.2, 0.25) is 0 Å². The molecule has 0 aromatic rings. The summed E-state index contributed by atoms with van der Waals surface area (Å²) >= 11 is 0. The maximum atomic E-state index is 3.48. The summed E-state index contributed by atoms with van der Waals surface area (Å²) in [6, 6.07) is 0. The van der Waals surface area contributed by atoms with Gasteiger partial charge in [0.15, 0.2) is 0 Å². The van der Waals surface area contributed by atoms with E-state index in [1.54, 1.807) is 0 Å². The Hall–Kier alpha value is 0.428. The molecular weight excluding hydrogens is 144 g/mol. The molecule has 0 fully saturated rings. The number of hydrogen-bond donors (Lipinski definition) is 0. The van der Waals surface area contributed by atoms with E-state index in [2.05, 4.69) is 13.5 Å². The van der Waals surface area contributed by atoms with Crippen molar-refractivity contribution in [2.24, 2.45) is 0 Å². The van der Waals surface area contributed by atoms with Gasteiger partial charge in [-0.2, -0.15) is 0 Å². The molecule has 0 spiro atoms. The van der Waals surface area contributed by atoms with Crippen LogP contribution in [0.5, 0.6) is 0 Å². The van der Waals surface area contributed by atoms with E-state index >= 15 is 0 Å². The number of hydrogen-bond acceptors (Lipinski definition) is 0. The molecule has 0 bridgehead atoms. The smallest absolute Gasteiger partial charge is 0 e. The van der Waals surface area contributed by atoms with Crippen molar-refractivity contribution in [2.75, 3.05) is 0 Å². The average Bonchev–Trinajstić information content (AvgIpc) is 1.37. The molecule has 0 saturated carbocycles. The van der Waals surface area contributed by atoms with Crippen molar-refractivity contribution >= 4 is 0 Å². The first kappa shape index (κ1) is 9.06. The number of rotatable bonds is 1. The molecule has 0 unspecified atom stereocenters. The van der Waals surface area contributed by atoms with Crippen LogP contribution in [0, 0.1) is 0 Å². The largest absolute Gasteiger partial charge is 0.103 e. The quantitative estimate of drug-likeness (QED) is 0.395. The standard InChI is InChI=1S/C4H8.Mo/c1-3-4-2;/h3H,1,4H2,2H3;. The van der Waals surface area contributed by atoms with Crippen LogP contribution >= 0.6 is 0 Å². The minimum Gasteiger partial charge on any atom is -0.103 e. The van der Waals surface area contributed by atoms with Gasteiger partial charge < -0.3 is 0 Å². The van der Waals surface area contributed by atoms with Crippen LogP contribution in [0.2, 0.25) is 0 Å². The third kappa shape index (κ3) is 12.8. The molecule has 0 radical (unpaired) electrons. The van der Waals surface area contributed by atoms with Gasteiger partial charge in [-0.3, -0.25) is 0 Å². The molecule has 0 aliphatic heterocycles. The maximum absolute atomic E-state index is 3.48. The maximum Gasteiger partial charge on any atom is 0 e. The van der Waals surface area contributed by atoms with E-state index in [4.69, 9.17) is 0 Å². The molecule has 30 valence electrons. The summed E-state index contributed by atoms with van der Waals surface area (Å²) in [5.74, 6) is 0. The van der Waals surface area contributed by atoms with Crippen LogP contribution in [0.25, 0.3) is 0 Å². The van der Waals surface area contributed by atoms with Crippen molar-refractivity contribution in [3.63, 3.8) is 0 Å². The van der Waals surface area contributed by atoms with Crippen LogP contribution in [0.4, 0.5) is 0 Å². The van der Waals surface area contributed by atoms with Gasteiger partial charge in [0.25, 0.3) is 0 Å². The zero-order valence-corrected chi connectivity index (χ0v) is 5.41. The molecule has 0 saturated heterocycles. The molecule has 0 aromatic carbocycles. The van der Waals surface area contributed by atoms with E-state index in [0.717, 1.165) is 6.42 Å². The van der Waals surface area contributed by atoms with E-state index in [-0.39, 0.29) is 21.1 Å². The topological polar surface area (TPSA) is 0 Å². The Morgan fingerprint density at radius 2 is 2.00 bits per heavy atom. The zero-order chi connectivity index (χ0) is 3.41. The molecular formula is C4H8Mo.